The SMILES string of the molecule is Fc1c(F)c(C(F)(F)C(F)(F)C(F)(F)C(F)(F)c2c(F)c(F)c(Cl)c(F)c2F)c(F)c(F)c1Cl. The molecule has 18 heteroatoms. The van der Waals surface area contributed by atoms with Crippen molar-refractivity contribution in [3.63, 3.8) is 0 Å². The molecule has 0 saturated carbocycles. The highest BCUT2D eigenvalue weighted by atomic mass is 35.5. The van der Waals surface area contributed by atoms with Crippen LogP contribution in [0.3, 0.4) is 0 Å². The van der Waals surface area contributed by atoms with Crippen molar-refractivity contribution in [1.29, 1.82) is 0 Å². The van der Waals surface area contributed by atoms with Crippen molar-refractivity contribution in [3.05, 3.63) is 67.7 Å². The molecule has 0 aliphatic carbocycles. The van der Waals surface area contributed by atoms with Crippen LogP contribution in [0.4, 0.5) is 70.2 Å². The van der Waals surface area contributed by atoms with Crippen molar-refractivity contribution >= 4 is 23.2 Å². The van der Waals surface area contributed by atoms with Gasteiger partial charge in [-0.15, -0.1) is 0 Å². The summed E-state index contributed by atoms with van der Waals surface area (Å²) in [6.07, 6.45) is 0. The van der Waals surface area contributed by atoms with E-state index in [1.165, 1.54) is 0 Å². The molecule has 2 aromatic rings. The predicted octanol–water partition coefficient (Wildman–Crippen LogP) is 8.26. The van der Waals surface area contributed by atoms with Crippen LogP contribution in [0.25, 0.3) is 0 Å². The normalized spacial score (nSPS) is 13.6. The zero-order chi connectivity index (χ0) is 26.9. The van der Waals surface area contributed by atoms with E-state index in [1.807, 2.05) is 0 Å². The van der Waals surface area contributed by atoms with E-state index < -0.39 is 91.4 Å². The minimum atomic E-state index is -7.87. The average Bonchev–Trinajstić information content (AvgIpc) is 2.72. The monoisotopic (exact) mass is 566 g/mol. The van der Waals surface area contributed by atoms with Gasteiger partial charge in [0.2, 0.25) is 0 Å². The molecular formula is C16Cl2F16. The van der Waals surface area contributed by atoms with Crippen molar-refractivity contribution in [3.8, 4) is 0 Å². The zero-order valence-electron chi connectivity index (χ0n) is 14.8. The van der Waals surface area contributed by atoms with E-state index in [-0.39, 0.29) is 0 Å². The highest BCUT2D eigenvalue weighted by molar-refractivity contribution is 6.31. The lowest BCUT2D eigenvalue weighted by Crippen LogP contribution is -2.60. The summed E-state index contributed by atoms with van der Waals surface area (Å²) in [6, 6.07) is 0. The fourth-order valence-electron chi connectivity index (χ4n) is 2.47. The number of halogens is 18. The molecule has 34 heavy (non-hydrogen) atoms. The van der Waals surface area contributed by atoms with E-state index in [4.69, 9.17) is 0 Å². The summed E-state index contributed by atoms with van der Waals surface area (Å²) in [7, 11) is 0. The van der Waals surface area contributed by atoms with Gasteiger partial charge in [0, 0.05) is 0 Å². The summed E-state index contributed by atoms with van der Waals surface area (Å²) in [6.45, 7) is 0. The molecule has 2 rings (SSSR count). The van der Waals surface area contributed by atoms with Crippen LogP contribution in [0.2, 0.25) is 10.0 Å². The maximum atomic E-state index is 14.1. The summed E-state index contributed by atoms with van der Waals surface area (Å²) < 4.78 is 221. The number of benzene rings is 2. The summed E-state index contributed by atoms with van der Waals surface area (Å²) in [4.78, 5) is 0. The van der Waals surface area contributed by atoms with Gasteiger partial charge in [-0.05, 0) is 0 Å². The van der Waals surface area contributed by atoms with Crippen molar-refractivity contribution in [2.75, 3.05) is 0 Å². The van der Waals surface area contributed by atoms with Crippen LogP contribution in [0.1, 0.15) is 11.1 Å². The van der Waals surface area contributed by atoms with Crippen LogP contribution in [0.15, 0.2) is 0 Å². The number of hydrogen-bond acceptors (Lipinski definition) is 0. The van der Waals surface area contributed by atoms with Gasteiger partial charge in [0.15, 0.2) is 46.5 Å². The molecule has 0 unspecified atom stereocenters. The van der Waals surface area contributed by atoms with E-state index >= 15 is 0 Å². The Morgan fingerprint density at radius 2 is 0.529 bits per heavy atom. The maximum absolute atomic E-state index is 14.1. The van der Waals surface area contributed by atoms with Crippen LogP contribution in [0.5, 0.6) is 0 Å². The van der Waals surface area contributed by atoms with Gasteiger partial charge in [-0.25, -0.2) is 35.1 Å². The molecule has 0 amide bonds. The second-order valence-electron chi connectivity index (χ2n) is 6.19. The lowest BCUT2D eigenvalue weighted by atomic mass is 9.89. The molecule has 0 atom stereocenters. The second kappa shape index (κ2) is 8.24. The first-order chi connectivity index (χ1) is 15.1. The van der Waals surface area contributed by atoms with Gasteiger partial charge < -0.3 is 0 Å². The van der Waals surface area contributed by atoms with E-state index in [1.54, 1.807) is 0 Å². The standard InChI is InChI=1S/C16Cl2F16/c17-3-9(23)5(19)1(6(20)10(3)24)13(27,28)15(31,32)16(33,34)14(29,30)2-7(21)11(25)4(18)12(26)8(2)22. The Hall–Kier alpha value is -2.10. The Morgan fingerprint density at radius 1 is 0.353 bits per heavy atom. The smallest absolute Gasteiger partial charge is 0.203 e. The lowest BCUT2D eigenvalue weighted by Gasteiger charge is -2.37. The third-order valence-corrected chi connectivity index (χ3v) is 4.89. The Kier molecular flexibility index (Phi) is 6.82. The quantitative estimate of drug-likeness (QED) is 0.194. The van der Waals surface area contributed by atoms with Gasteiger partial charge in [-0.1, -0.05) is 23.2 Å². The Balaban J connectivity index is 2.89. The molecule has 2 aromatic carbocycles. The third-order valence-electron chi connectivity index (χ3n) is 4.23. The number of rotatable bonds is 5. The van der Waals surface area contributed by atoms with Gasteiger partial charge >= 0.3 is 23.7 Å². The Morgan fingerprint density at radius 3 is 0.706 bits per heavy atom. The van der Waals surface area contributed by atoms with E-state index in [2.05, 4.69) is 23.2 Å². The summed E-state index contributed by atoms with van der Waals surface area (Å²) in [5.41, 5.74) is -7.75. The Bertz CT molecular complexity index is 1020. The van der Waals surface area contributed by atoms with E-state index in [9.17, 15) is 70.2 Å². The second-order valence-corrected chi connectivity index (χ2v) is 6.94. The molecule has 0 aliphatic heterocycles. The molecule has 0 saturated heterocycles. The van der Waals surface area contributed by atoms with Crippen molar-refractivity contribution in [2.24, 2.45) is 0 Å². The highest BCUT2D eigenvalue weighted by Gasteiger charge is 2.83. The fraction of sp³-hybridized carbons (Fsp3) is 0.250. The summed E-state index contributed by atoms with van der Waals surface area (Å²) >= 11 is 9.30. The van der Waals surface area contributed by atoms with E-state index in [0.29, 0.717) is 0 Å². The Labute approximate surface area is 185 Å². The van der Waals surface area contributed by atoms with Gasteiger partial charge in [-0.3, -0.25) is 0 Å². The van der Waals surface area contributed by atoms with Crippen molar-refractivity contribution in [1.82, 2.24) is 0 Å². The summed E-state index contributed by atoms with van der Waals surface area (Å²) in [5, 5.41) is -4.54. The molecule has 0 N–H and O–H groups in total. The van der Waals surface area contributed by atoms with Crippen LogP contribution >= 0.6 is 23.2 Å². The average molecular weight is 567 g/mol. The van der Waals surface area contributed by atoms with E-state index in [0.717, 1.165) is 0 Å². The van der Waals surface area contributed by atoms with Gasteiger partial charge in [-0.2, -0.15) is 35.1 Å². The van der Waals surface area contributed by atoms with Crippen LogP contribution in [-0.2, 0) is 11.8 Å². The molecule has 0 fully saturated rings. The number of alkyl halides is 8. The molecular weight excluding hydrogens is 567 g/mol. The van der Waals surface area contributed by atoms with Crippen molar-refractivity contribution < 1.29 is 70.2 Å². The molecule has 0 radical (unpaired) electrons. The van der Waals surface area contributed by atoms with Crippen LogP contribution < -0.4 is 0 Å². The zero-order valence-corrected chi connectivity index (χ0v) is 16.3. The topological polar surface area (TPSA) is 0 Å². The van der Waals surface area contributed by atoms with Crippen molar-refractivity contribution in [2.45, 2.75) is 23.7 Å². The predicted molar refractivity (Wildman–Crippen MR) is 80.2 cm³/mol. The molecule has 190 valence electrons. The maximum Gasteiger partial charge on any atom is 0.383 e. The minimum absolute atomic E-state index is 2.27. The first kappa shape index (κ1) is 28.1. The lowest BCUT2D eigenvalue weighted by molar-refractivity contribution is -0.376. The third kappa shape index (κ3) is 3.46. The minimum Gasteiger partial charge on any atom is -0.203 e. The largest absolute Gasteiger partial charge is 0.383 e. The molecule has 0 aromatic heterocycles. The molecule has 0 nitrogen and oxygen atoms in total. The highest BCUT2D eigenvalue weighted by Crippen LogP contribution is 2.60. The molecule has 0 heterocycles. The summed E-state index contributed by atoms with van der Waals surface area (Å²) in [5.74, 6) is -56.7. The first-order valence-corrected chi connectivity index (χ1v) is 8.41. The van der Waals surface area contributed by atoms with Crippen LogP contribution in [0, 0.1) is 46.5 Å². The fourth-order valence-corrected chi connectivity index (χ4v) is 2.80. The molecule has 0 aliphatic rings. The van der Waals surface area contributed by atoms with Gasteiger partial charge in [0.05, 0.1) is 0 Å². The molecule has 0 spiro atoms. The van der Waals surface area contributed by atoms with Gasteiger partial charge in [0.1, 0.15) is 21.2 Å². The number of hydrogen-bond donors (Lipinski definition) is 0. The molecule has 0 bridgehead atoms. The van der Waals surface area contributed by atoms with Crippen LogP contribution in [-0.4, -0.2) is 11.8 Å². The first-order valence-electron chi connectivity index (χ1n) is 7.65. The van der Waals surface area contributed by atoms with Gasteiger partial charge in [0.25, 0.3) is 0 Å².